The van der Waals surface area contributed by atoms with E-state index in [2.05, 4.69) is 45.2 Å². The molecule has 0 saturated carbocycles. The van der Waals surface area contributed by atoms with E-state index in [0.29, 0.717) is 0 Å². The first-order valence-corrected chi connectivity index (χ1v) is 6.71. The number of hydrogen-bond acceptors (Lipinski definition) is 3. The molecule has 1 aromatic heterocycles. The van der Waals surface area contributed by atoms with Crippen molar-refractivity contribution in [1.29, 1.82) is 0 Å². The lowest BCUT2D eigenvalue weighted by atomic mass is 10.1. The molecule has 0 atom stereocenters. The monoisotopic (exact) mass is 251 g/mol. The summed E-state index contributed by atoms with van der Waals surface area (Å²) in [5, 5.41) is 0. The van der Waals surface area contributed by atoms with Crippen LogP contribution in [0.3, 0.4) is 0 Å². The smallest absolute Gasteiger partial charge is 0.115 e. The van der Waals surface area contributed by atoms with Crippen molar-refractivity contribution < 1.29 is 0 Å². The van der Waals surface area contributed by atoms with Gasteiger partial charge < -0.3 is 4.90 Å². The maximum absolute atomic E-state index is 4.17. The first-order chi connectivity index (χ1) is 9.42. The Morgan fingerprint density at radius 3 is 2.42 bits per heavy atom. The minimum atomic E-state index is 0.929. The fraction of sp³-hybridized carbons (Fsp3) is 0.250. The van der Waals surface area contributed by atoms with Gasteiger partial charge in [0.1, 0.15) is 6.33 Å². The summed E-state index contributed by atoms with van der Waals surface area (Å²) in [6, 6.07) is 10.6. The second-order valence-corrected chi connectivity index (χ2v) is 4.75. The lowest BCUT2D eigenvalue weighted by molar-refractivity contribution is 0.949. The van der Waals surface area contributed by atoms with Crippen molar-refractivity contribution in [3.05, 3.63) is 54.1 Å². The summed E-state index contributed by atoms with van der Waals surface area (Å²) < 4.78 is 0. The fourth-order valence-electron chi connectivity index (χ4n) is 2.35. The van der Waals surface area contributed by atoms with Gasteiger partial charge in [-0.15, -0.1) is 0 Å². The molecule has 0 N–H and O–H groups in total. The van der Waals surface area contributed by atoms with Crippen molar-refractivity contribution in [2.45, 2.75) is 12.8 Å². The van der Waals surface area contributed by atoms with E-state index in [-0.39, 0.29) is 0 Å². The number of anilines is 1. The first kappa shape index (κ1) is 11.9. The van der Waals surface area contributed by atoms with Crippen LogP contribution in [0.1, 0.15) is 24.1 Å². The molecular weight excluding hydrogens is 234 g/mol. The molecule has 0 bridgehead atoms. The van der Waals surface area contributed by atoms with E-state index in [4.69, 9.17) is 0 Å². The van der Waals surface area contributed by atoms with E-state index < -0.39 is 0 Å². The number of hydrogen-bond donors (Lipinski definition) is 0. The van der Waals surface area contributed by atoms with Crippen molar-refractivity contribution >= 4 is 17.8 Å². The van der Waals surface area contributed by atoms with Crippen LogP contribution in [-0.2, 0) is 0 Å². The highest BCUT2D eigenvalue weighted by Crippen LogP contribution is 2.20. The maximum Gasteiger partial charge on any atom is 0.115 e. The van der Waals surface area contributed by atoms with Gasteiger partial charge in [-0.2, -0.15) is 0 Å². The van der Waals surface area contributed by atoms with Gasteiger partial charge in [-0.25, -0.2) is 9.97 Å². The molecule has 0 aliphatic carbocycles. The zero-order valence-electron chi connectivity index (χ0n) is 10.9. The third kappa shape index (κ3) is 2.99. The molecule has 1 saturated heterocycles. The molecule has 1 aliphatic heterocycles. The number of aromatic nitrogens is 2. The van der Waals surface area contributed by atoms with Crippen LogP contribution in [-0.4, -0.2) is 23.1 Å². The zero-order chi connectivity index (χ0) is 12.9. The summed E-state index contributed by atoms with van der Waals surface area (Å²) in [4.78, 5) is 10.5. The van der Waals surface area contributed by atoms with E-state index >= 15 is 0 Å². The largest absolute Gasteiger partial charge is 0.372 e. The Morgan fingerprint density at radius 1 is 0.947 bits per heavy atom. The van der Waals surface area contributed by atoms with Crippen molar-refractivity contribution in [3.8, 4) is 0 Å². The summed E-state index contributed by atoms with van der Waals surface area (Å²) in [5.41, 5.74) is 3.46. The molecule has 19 heavy (non-hydrogen) atoms. The molecule has 3 rings (SSSR count). The van der Waals surface area contributed by atoms with Gasteiger partial charge in [-0.3, -0.25) is 0 Å². The van der Waals surface area contributed by atoms with Crippen LogP contribution < -0.4 is 4.90 Å². The summed E-state index contributed by atoms with van der Waals surface area (Å²) >= 11 is 0. The van der Waals surface area contributed by atoms with Gasteiger partial charge in [0, 0.05) is 25.0 Å². The Hall–Kier alpha value is -2.16. The topological polar surface area (TPSA) is 29.0 Å². The van der Waals surface area contributed by atoms with Gasteiger partial charge >= 0.3 is 0 Å². The van der Waals surface area contributed by atoms with Gasteiger partial charge in [0.2, 0.25) is 0 Å². The molecule has 1 fully saturated rings. The maximum atomic E-state index is 4.17. The molecule has 3 heteroatoms. The van der Waals surface area contributed by atoms with Crippen molar-refractivity contribution in [1.82, 2.24) is 9.97 Å². The lowest BCUT2D eigenvalue weighted by Gasteiger charge is -2.17. The highest BCUT2D eigenvalue weighted by molar-refractivity contribution is 5.68. The zero-order valence-corrected chi connectivity index (χ0v) is 10.9. The molecule has 0 radical (unpaired) electrons. The van der Waals surface area contributed by atoms with Gasteiger partial charge in [0.15, 0.2) is 0 Å². The van der Waals surface area contributed by atoms with Gasteiger partial charge in [-0.1, -0.05) is 18.2 Å². The molecule has 0 unspecified atom stereocenters. The minimum Gasteiger partial charge on any atom is -0.372 e. The van der Waals surface area contributed by atoms with Crippen LogP contribution in [0.25, 0.3) is 12.2 Å². The molecule has 96 valence electrons. The van der Waals surface area contributed by atoms with Crippen molar-refractivity contribution in [2.24, 2.45) is 0 Å². The second-order valence-electron chi connectivity index (χ2n) is 4.75. The molecule has 2 heterocycles. The van der Waals surface area contributed by atoms with Crippen molar-refractivity contribution in [2.75, 3.05) is 18.0 Å². The number of nitrogens with zero attached hydrogens (tertiary/aromatic N) is 3. The molecule has 1 aliphatic rings. The van der Waals surface area contributed by atoms with E-state index in [1.807, 2.05) is 12.1 Å². The summed E-state index contributed by atoms with van der Waals surface area (Å²) in [6.45, 7) is 2.38. The van der Waals surface area contributed by atoms with Crippen LogP contribution >= 0.6 is 0 Å². The standard InChI is InChI=1S/C16H17N3/c1-2-12-19(11-1)16-7-4-14(5-8-16)3-6-15-9-10-17-13-18-15/h3-10,13H,1-2,11-12H2/b6-3+. The van der Waals surface area contributed by atoms with E-state index in [1.165, 1.54) is 37.2 Å². The highest BCUT2D eigenvalue weighted by atomic mass is 15.1. The van der Waals surface area contributed by atoms with E-state index in [1.54, 1.807) is 12.5 Å². The van der Waals surface area contributed by atoms with E-state index in [9.17, 15) is 0 Å². The predicted octanol–water partition coefficient (Wildman–Crippen LogP) is 3.25. The van der Waals surface area contributed by atoms with Crippen LogP contribution in [0, 0.1) is 0 Å². The summed E-state index contributed by atoms with van der Waals surface area (Å²) in [5.74, 6) is 0. The third-order valence-electron chi connectivity index (χ3n) is 3.42. The molecule has 2 aromatic rings. The Kier molecular flexibility index (Phi) is 3.54. The molecular formula is C16H17N3. The van der Waals surface area contributed by atoms with Crippen LogP contribution in [0.4, 0.5) is 5.69 Å². The SMILES string of the molecule is C(=C\c1ccncn1)/c1ccc(N2CCCC2)cc1. The second kappa shape index (κ2) is 5.65. The average Bonchev–Trinajstić information content (AvgIpc) is 3.01. The Bertz CT molecular complexity index is 540. The third-order valence-corrected chi connectivity index (χ3v) is 3.42. The molecule has 0 spiro atoms. The quantitative estimate of drug-likeness (QED) is 0.838. The highest BCUT2D eigenvalue weighted by Gasteiger charge is 2.11. The van der Waals surface area contributed by atoms with E-state index in [0.717, 1.165) is 5.69 Å². The van der Waals surface area contributed by atoms with Gasteiger partial charge in [-0.05, 0) is 42.7 Å². The normalized spacial score (nSPS) is 15.3. The average molecular weight is 251 g/mol. The Morgan fingerprint density at radius 2 is 1.74 bits per heavy atom. The summed E-state index contributed by atoms with van der Waals surface area (Å²) in [6.07, 6.45) is 10.0. The van der Waals surface area contributed by atoms with Gasteiger partial charge in [0.25, 0.3) is 0 Å². The van der Waals surface area contributed by atoms with Gasteiger partial charge in [0.05, 0.1) is 5.69 Å². The first-order valence-electron chi connectivity index (χ1n) is 6.71. The van der Waals surface area contributed by atoms with Crippen LogP contribution in [0.2, 0.25) is 0 Å². The predicted molar refractivity (Wildman–Crippen MR) is 78.8 cm³/mol. The van der Waals surface area contributed by atoms with Crippen LogP contribution in [0.5, 0.6) is 0 Å². The molecule has 1 aromatic carbocycles. The number of rotatable bonds is 3. The molecule has 0 amide bonds. The number of benzene rings is 1. The lowest BCUT2D eigenvalue weighted by Crippen LogP contribution is -2.17. The van der Waals surface area contributed by atoms with Crippen LogP contribution in [0.15, 0.2) is 42.9 Å². The van der Waals surface area contributed by atoms with Crippen molar-refractivity contribution in [3.63, 3.8) is 0 Å². The Balaban J connectivity index is 1.70. The molecule has 3 nitrogen and oxygen atoms in total. The fourth-order valence-corrected chi connectivity index (χ4v) is 2.35. The minimum absolute atomic E-state index is 0.929. The summed E-state index contributed by atoms with van der Waals surface area (Å²) in [7, 11) is 0. The Labute approximate surface area is 113 Å².